The first kappa shape index (κ1) is 13.0. The van der Waals surface area contributed by atoms with Crippen LogP contribution in [0.5, 0.6) is 0 Å². The third kappa shape index (κ3) is 2.63. The number of carbonyl (C=O) groups is 1. The van der Waals surface area contributed by atoms with Gasteiger partial charge in [-0.3, -0.25) is 4.79 Å². The van der Waals surface area contributed by atoms with Crippen molar-refractivity contribution in [1.82, 2.24) is 4.98 Å². The maximum atomic E-state index is 12.3. The number of alkyl halides is 1. The van der Waals surface area contributed by atoms with E-state index >= 15 is 0 Å². The predicted molar refractivity (Wildman–Crippen MR) is 80.2 cm³/mol. The number of rotatable bonds is 3. The maximum absolute atomic E-state index is 12.3. The van der Waals surface area contributed by atoms with Crippen LogP contribution in [0.25, 0.3) is 0 Å². The standard InChI is InChI=1S/C13H11ClN2OS2/c14-5-8-6-19-13(15-8)16-12(17)10-7-18-11-4-2-1-3-9(10)11/h1-4,6,10H,5,7H2,(H,15,16,17). The van der Waals surface area contributed by atoms with Crippen LogP contribution in [0, 0.1) is 0 Å². The number of halogens is 1. The van der Waals surface area contributed by atoms with Gasteiger partial charge in [-0.25, -0.2) is 4.98 Å². The lowest BCUT2D eigenvalue weighted by atomic mass is 10.0. The minimum Gasteiger partial charge on any atom is -0.301 e. The highest BCUT2D eigenvalue weighted by atomic mass is 35.5. The van der Waals surface area contributed by atoms with Gasteiger partial charge < -0.3 is 5.32 Å². The van der Waals surface area contributed by atoms with Gasteiger partial charge in [0.1, 0.15) is 0 Å². The molecule has 0 aliphatic carbocycles. The molecular formula is C13H11ClN2OS2. The van der Waals surface area contributed by atoms with Gasteiger partial charge in [-0.05, 0) is 11.6 Å². The van der Waals surface area contributed by atoms with Gasteiger partial charge in [-0.15, -0.1) is 34.7 Å². The number of benzene rings is 1. The number of anilines is 1. The van der Waals surface area contributed by atoms with Gasteiger partial charge in [-0.2, -0.15) is 0 Å². The van der Waals surface area contributed by atoms with E-state index in [9.17, 15) is 4.79 Å². The van der Waals surface area contributed by atoms with Crippen LogP contribution in [0.15, 0.2) is 34.5 Å². The molecule has 1 aromatic heterocycles. The van der Waals surface area contributed by atoms with E-state index < -0.39 is 0 Å². The van der Waals surface area contributed by atoms with E-state index in [1.807, 2.05) is 23.6 Å². The average Bonchev–Trinajstić information content (AvgIpc) is 3.04. The van der Waals surface area contributed by atoms with E-state index in [4.69, 9.17) is 11.6 Å². The van der Waals surface area contributed by atoms with Crippen molar-refractivity contribution in [3.05, 3.63) is 40.9 Å². The number of carbonyl (C=O) groups excluding carboxylic acids is 1. The van der Waals surface area contributed by atoms with Crippen molar-refractivity contribution < 1.29 is 4.79 Å². The minimum absolute atomic E-state index is 0.00734. The molecule has 3 rings (SSSR count). The molecule has 0 spiro atoms. The van der Waals surface area contributed by atoms with Crippen LogP contribution in [0.4, 0.5) is 5.13 Å². The second-order valence-electron chi connectivity index (χ2n) is 4.17. The molecule has 1 aromatic carbocycles. The van der Waals surface area contributed by atoms with Crippen LogP contribution in [-0.4, -0.2) is 16.6 Å². The van der Waals surface area contributed by atoms with Gasteiger partial charge in [-0.1, -0.05) is 18.2 Å². The normalized spacial score (nSPS) is 17.2. The molecule has 1 unspecified atom stereocenters. The van der Waals surface area contributed by atoms with E-state index in [1.165, 1.54) is 16.2 Å². The van der Waals surface area contributed by atoms with E-state index in [2.05, 4.69) is 16.4 Å². The van der Waals surface area contributed by atoms with Gasteiger partial charge in [0.15, 0.2) is 5.13 Å². The average molecular weight is 311 g/mol. The fraction of sp³-hybridized carbons (Fsp3) is 0.231. The number of hydrogen-bond acceptors (Lipinski definition) is 4. The Labute approximate surface area is 124 Å². The fourth-order valence-corrected chi connectivity index (χ4v) is 4.17. The summed E-state index contributed by atoms with van der Waals surface area (Å²) in [4.78, 5) is 17.7. The predicted octanol–water partition coefficient (Wildman–Crippen LogP) is 3.71. The highest BCUT2D eigenvalue weighted by molar-refractivity contribution is 7.99. The van der Waals surface area contributed by atoms with Crippen LogP contribution in [0.1, 0.15) is 17.2 Å². The summed E-state index contributed by atoms with van der Waals surface area (Å²) in [7, 11) is 0. The first-order valence-electron chi connectivity index (χ1n) is 5.81. The summed E-state index contributed by atoms with van der Waals surface area (Å²) in [5.74, 6) is 1.07. The van der Waals surface area contributed by atoms with E-state index in [1.54, 1.807) is 11.8 Å². The Morgan fingerprint density at radius 2 is 2.32 bits per heavy atom. The highest BCUT2D eigenvalue weighted by Crippen LogP contribution is 2.39. The minimum atomic E-state index is -0.0930. The molecule has 1 atom stereocenters. The topological polar surface area (TPSA) is 42.0 Å². The quantitative estimate of drug-likeness (QED) is 0.879. The molecule has 1 aliphatic heterocycles. The zero-order chi connectivity index (χ0) is 13.2. The molecule has 0 saturated carbocycles. The lowest BCUT2D eigenvalue weighted by Gasteiger charge is -2.09. The Bertz CT molecular complexity index is 614. The molecule has 6 heteroatoms. The summed E-state index contributed by atoms with van der Waals surface area (Å²) >= 11 is 8.83. The van der Waals surface area contributed by atoms with Gasteiger partial charge in [0.05, 0.1) is 17.5 Å². The molecule has 0 radical (unpaired) electrons. The Balaban J connectivity index is 1.75. The van der Waals surface area contributed by atoms with Crippen LogP contribution in [-0.2, 0) is 10.7 Å². The van der Waals surface area contributed by atoms with Crippen LogP contribution >= 0.6 is 34.7 Å². The zero-order valence-electron chi connectivity index (χ0n) is 9.93. The monoisotopic (exact) mass is 310 g/mol. The van der Waals surface area contributed by atoms with Crippen molar-refractivity contribution in [2.75, 3.05) is 11.1 Å². The summed E-state index contributed by atoms with van der Waals surface area (Å²) < 4.78 is 0. The van der Waals surface area contributed by atoms with Crippen molar-refractivity contribution in [1.29, 1.82) is 0 Å². The van der Waals surface area contributed by atoms with E-state index in [0.717, 1.165) is 17.0 Å². The summed E-state index contributed by atoms with van der Waals surface area (Å²) in [6.45, 7) is 0. The summed E-state index contributed by atoms with van der Waals surface area (Å²) in [6.07, 6.45) is 0. The van der Waals surface area contributed by atoms with Crippen molar-refractivity contribution >= 4 is 45.7 Å². The van der Waals surface area contributed by atoms with E-state index in [0.29, 0.717) is 11.0 Å². The van der Waals surface area contributed by atoms with Crippen LogP contribution < -0.4 is 5.32 Å². The second-order valence-corrected chi connectivity index (χ2v) is 6.36. The number of nitrogens with one attached hydrogen (secondary N) is 1. The van der Waals surface area contributed by atoms with Gasteiger partial charge in [0.2, 0.25) is 5.91 Å². The fourth-order valence-electron chi connectivity index (χ4n) is 2.00. The summed E-state index contributed by atoms with van der Waals surface area (Å²) in [5, 5.41) is 5.36. The van der Waals surface area contributed by atoms with Crippen molar-refractivity contribution in [3.8, 4) is 0 Å². The molecule has 1 aliphatic rings. The number of aromatic nitrogens is 1. The Hall–Kier alpha value is -1.04. The molecule has 0 saturated heterocycles. The number of amides is 1. The van der Waals surface area contributed by atoms with Gasteiger partial charge in [0.25, 0.3) is 0 Å². The number of nitrogens with zero attached hydrogens (tertiary/aromatic N) is 1. The number of thiazole rings is 1. The van der Waals surface area contributed by atoms with Crippen LogP contribution in [0.2, 0.25) is 0 Å². The van der Waals surface area contributed by atoms with Crippen molar-refractivity contribution in [3.63, 3.8) is 0 Å². The molecule has 1 N–H and O–H groups in total. The number of thioether (sulfide) groups is 1. The van der Waals surface area contributed by atoms with E-state index in [-0.39, 0.29) is 11.8 Å². The highest BCUT2D eigenvalue weighted by Gasteiger charge is 2.29. The van der Waals surface area contributed by atoms with Crippen LogP contribution in [0.3, 0.4) is 0 Å². The molecular weight excluding hydrogens is 300 g/mol. The summed E-state index contributed by atoms with van der Waals surface area (Å²) in [6, 6.07) is 8.05. The zero-order valence-corrected chi connectivity index (χ0v) is 12.3. The SMILES string of the molecule is O=C(Nc1nc(CCl)cs1)C1CSc2ccccc21. The number of fused-ring (bicyclic) bond motifs is 1. The molecule has 2 aromatic rings. The first-order valence-corrected chi connectivity index (χ1v) is 8.21. The lowest BCUT2D eigenvalue weighted by Crippen LogP contribution is -2.20. The molecule has 0 fully saturated rings. The Morgan fingerprint density at radius 3 is 3.11 bits per heavy atom. The number of hydrogen-bond donors (Lipinski definition) is 1. The maximum Gasteiger partial charge on any atom is 0.234 e. The Kier molecular flexibility index (Phi) is 3.77. The molecule has 0 bridgehead atoms. The summed E-state index contributed by atoms with van der Waals surface area (Å²) in [5.41, 5.74) is 1.90. The first-order chi connectivity index (χ1) is 9.28. The third-order valence-electron chi connectivity index (χ3n) is 2.94. The van der Waals surface area contributed by atoms with Gasteiger partial charge in [0, 0.05) is 16.0 Å². The second kappa shape index (κ2) is 5.53. The Morgan fingerprint density at radius 1 is 1.47 bits per heavy atom. The van der Waals surface area contributed by atoms with Gasteiger partial charge >= 0.3 is 0 Å². The molecule has 19 heavy (non-hydrogen) atoms. The molecule has 1 amide bonds. The van der Waals surface area contributed by atoms with Crippen molar-refractivity contribution in [2.45, 2.75) is 16.7 Å². The third-order valence-corrected chi connectivity index (χ3v) is 5.20. The largest absolute Gasteiger partial charge is 0.301 e. The van der Waals surface area contributed by atoms with Crippen molar-refractivity contribution in [2.24, 2.45) is 0 Å². The molecule has 98 valence electrons. The smallest absolute Gasteiger partial charge is 0.234 e. The molecule has 2 heterocycles. The lowest BCUT2D eigenvalue weighted by molar-refractivity contribution is -0.117. The molecule has 3 nitrogen and oxygen atoms in total.